The van der Waals surface area contributed by atoms with Gasteiger partial charge in [-0.25, -0.2) is 4.98 Å². The van der Waals surface area contributed by atoms with Gasteiger partial charge in [0.25, 0.3) is 0 Å². The molecule has 1 aromatic heterocycles. The van der Waals surface area contributed by atoms with E-state index in [-0.39, 0.29) is 28.4 Å². The van der Waals surface area contributed by atoms with Crippen LogP contribution >= 0.6 is 11.6 Å². The minimum Gasteiger partial charge on any atom is -0.389 e. The summed E-state index contributed by atoms with van der Waals surface area (Å²) in [6.45, 7) is 4.34. The number of nitro groups is 1. The average Bonchev–Trinajstić information content (AvgIpc) is 2.36. The zero-order chi connectivity index (χ0) is 16.3. The number of anilines is 1. The summed E-state index contributed by atoms with van der Waals surface area (Å²) in [5.74, 6) is -0.671. The van der Waals surface area contributed by atoms with Gasteiger partial charge in [-0.2, -0.15) is 4.98 Å². The topological polar surface area (TPSA) is 109 Å². The molecule has 0 unspecified atom stereocenters. The van der Waals surface area contributed by atoms with Gasteiger partial charge in [0.05, 0.1) is 11.0 Å². The smallest absolute Gasteiger partial charge is 0.332 e. The first kappa shape index (κ1) is 17.3. The SMILES string of the molecule is Cc1nc(Cl)nc(N(C)[C@H](C(=O)CO)C(C)C)c1[N+](=O)[O-]. The van der Waals surface area contributed by atoms with Crippen molar-refractivity contribution in [2.24, 2.45) is 5.92 Å². The molecule has 1 aromatic rings. The largest absolute Gasteiger partial charge is 0.389 e. The van der Waals surface area contributed by atoms with Crippen LogP contribution in [0.3, 0.4) is 0 Å². The number of Topliss-reactive ketones (excluding diaryl/α,β-unsaturated/α-hetero) is 1. The normalized spacial score (nSPS) is 12.3. The third-order valence-electron chi connectivity index (χ3n) is 3.06. The first-order valence-electron chi connectivity index (χ1n) is 6.25. The van der Waals surface area contributed by atoms with E-state index in [1.165, 1.54) is 18.9 Å². The van der Waals surface area contributed by atoms with Crippen LogP contribution in [-0.2, 0) is 4.79 Å². The minimum atomic E-state index is -0.751. The van der Waals surface area contributed by atoms with Gasteiger partial charge in [-0.3, -0.25) is 14.9 Å². The van der Waals surface area contributed by atoms with Crippen molar-refractivity contribution in [1.82, 2.24) is 9.97 Å². The van der Waals surface area contributed by atoms with Crippen molar-refractivity contribution in [3.05, 3.63) is 21.1 Å². The van der Waals surface area contributed by atoms with Gasteiger partial charge < -0.3 is 10.0 Å². The summed E-state index contributed by atoms with van der Waals surface area (Å²) in [6, 6.07) is -0.751. The fraction of sp³-hybridized carbons (Fsp3) is 0.583. The highest BCUT2D eigenvalue weighted by atomic mass is 35.5. The van der Waals surface area contributed by atoms with E-state index in [1.54, 1.807) is 13.8 Å². The molecule has 9 heteroatoms. The number of ketones is 1. The van der Waals surface area contributed by atoms with E-state index in [4.69, 9.17) is 16.7 Å². The van der Waals surface area contributed by atoms with Gasteiger partial charge in [0.15, 0.2) is 5.78 Å². The summed E-state index contributed by atoms with van der Waals surface area (Å²) >= 11 is 5.76. The number of hydrogen-bond acceptors (Lipinski definition) is 7. The Bertz CT molecular complexity index is 564. The van der Waals surface area contributed by atoms with Crippen molar-refractivity contribution < 1.29 is 14.8 Å². The molecule has 0 radical (unpaired) electrons. The molecule has 0 fully saturated rings. The summed E-state index contributed by atoms with van der Waals surface area (Å²) in [7, 11) is 1.50. The number of halogens is 1. The van der Waals surface area contributed by atoms with Crippen molar-refractivity contribution in [3.8, 4) is 0 Å². The summed E-state index contributed by atoms with van der Waals surface area (Å²) in [6.07, 6.45) is 0. The van der Waals surface area contributed by atoms with Crippen LogP contribution in [0.15, 0.2) is 0 Å². The van der Waals surface area contributed by atoms with Crippen LogP contribution in [-0.4, -0.2) is 45.5 Å². The van der Waals surface area contributed by atoms with Gasteiger partial charge in [0, 0.05) is 7.05 Å². The Kier molecular flexibility index (Phi) is 5.56. The van der Waals surface area contributed by atoms with Gasteiger partial charge in [-0.05, 0) is 24.4 Å². The molecule has 0 aromatic carbocycles. The minimum absolute atomic E-state index is 0.0435. The molecule has 0 amide bonds. The predicted molar refractivity (Wildman–Crippen MR) is 77.6 cm³/mol. The lowest BCUT2D eigenvalue weighted by Gasteiger charge is -2.30. The van der Waals surface area contributed by atoms with Crippen LogP contribution in [0, 0.1) is 23.0 Å². The summed E-state index contributed by atoms with van der Waals surface area (Å²) in [5.41, 5.74) is -0.195. The Labute approximate surface area is 126 Å². The van der Waals surface area contributed by atoms with Gasteiger partial charge in [0.1, 0.15) is 12.3 Å². The predicted octanol–water partition coefficient (Wildman–Crippen LogP) is 1.37. The zero-order valence-corrected chi connectivity index (χ0v) is 13.0. The van der Waals surface area contributed by atoms with E-state index in [2.05, 4.69) is 9.97 Å². The summed E-state index contributed by atoms with van der Waals surface area (Å²) in [5, 5.41) is 20.1. The number of carbonyl (C=O) groups is 1. The number of aryl methyl sites for hydroxylation is 1. The highest BCUT2D eigenvalue weighted by molar-refractivity contribution is 6.28. The fourth-order valence-electron chi connectivity index (χ4n) is 2.24. The van der Waals surface area contributed by atoms with E-state index < -0.39 is 23.4 Å². The van der Waals surface area contributed by atoms with Gasteiger partial charge in [-0.1, -0.05) is 13.8 Å². The Morgan fingerprint density at radius 2 is 2.05 bits per heavy atom. The van der Waals surface area contributed by atoms with Crippen molar-refractivity contribution >= 4 is 28.9 Å². The number of aromatic nitrogens is 2. The number of nitrogens with zero attached hydrogens (tertiary/aromatic N) is 4. The van der Waals surface area contributed by atoms with Gasteiger partial charge in [0.2, 0.25) is 11.1 Å². The number of likely N-dealkylation sites (N-methyl/N-ethyl adjacent to an activating group) is 1. The fourth-order valence-corrected chi connectivity index (χ4v) is 2.45. The van der Waals surface area contributed by atoms with Gasteiger partial charge in [-0.15, -0.1) is 0 Å². The molecule has 1 N–H and O–H groups in total. The lowest BCUT2D eigenvalue weighted by molar-refractivity contribution is -0.385. The number of aliphatic hydroxyl groups is 1. The second kappa shape index (κ2) is 6.77. The quantitative estimate of drug-likeness (QED) is 0.479. The molecule has 0 aliphatic heterocycles. The van der Waals surface area contributed by atoms with Crippen LogP contribution in [0.2, 0.25) is 5.28 Å². The molecular formula is C12H17ClN4O4. The molecule has 0 aliphatic rings. The second-order valence-electron chi connectivity index (χ2n) is 4.93. The number of hydrogen-bond donors (Lipinski definition) is 1. The Morgan fingerprint density at radius 1 is 1.48 bits per heavy atom. The van der Waals surface area contributed by atoms with Crippen LogP contribution < -0.4 is 4.90 Å². The number of carbonyl (C=O) groups excluding carboxylic acids is 1. The zero-order valence-electron chi connectivity index (χ0n) is 12.2. The van der Waals surface area contributed by atoms with Crippen molar-refractivity contribution in [3.63, 3.8) is 0 Å². The van der Waals surface area contributed by atoms with Crippen molar-refractivity contribution in [2.45, 2.75) is 26.8 Å². The monoisotopic (exact) mass is 316 g/mol. The first-order valence-corrected chi connectivity index (χ1v) is 6.63. The van der Waals surface area contributed by atoms with Crippen LogP contribution in [0.1, 0.15) is 19.5 Å². The molecule has 1 rings (SSSR count). The lowest BCUT2D eigenvalue weighted by Crippen LogP contribution is -2.44. The Balaban J connectivity index is 3.43. The van der Waals surface area contributed by atoms with Crippen LogP contribution in [0.5, 0.6) is 0 Å². The highest BCUT2D eigenvalue weighted by Gasteiger charge is 2.33. The molecule has 0 bridgehead atoms. The standard InChI is InChI=1S/C12H17ClN4O4/c1-6(2)9(8(19)5-18)16(4)11-10(17(20)21)7(3)14-12(13)15-11/h6,9,18H,5H2,1-4H3/t9-/m0/s1. The second-order valence-corrected chi connectivity index (χ2v) is 5.27. The third kappa shape index (κ3) is 3.64. The van der Waals surface area contributed by atoms with Crippen LogP contribution in [0.4, 0.5) is 11.5 Å². The molecule has 1 heterocycles. The molecule has 0 saturated heterocycles. The number of aliphatic hydroxyl groups excluding tert-OH is 1. The Hall–Kier alpha value is -1.80. The summed E-state index contributed by atoms with van der Waals surface area (Å²) < 4.78 is 0. The molecule has 0 aliphatic carbocycles. The molecule has 0 saturated carbocycles. The summed E-state index contributed by atoms with van der Waals surface area (Å²) in [4.78, 5) is 31.5. The molecule has 0 spiro atoms. The number of rotatable bonds is 6. The third-order valence-corrected chi connectivity index (χ3v) is 3.23. The molecule has 116 valence electrons. The molecule has 1 atom stereocenters. The van der Waals surface area contributed by atoms with E-state index >= 15 is 0 Å². The van der Waals surface area contributed by atoms with Crippen LogP contribution in [0.25, 0.3) is 0 Å². The van der Waals surface area contributed by atoms with Crippen molar-refractivity contribution in [2.75, 3.05) is 18.6 Å². The van der Waals surface area contributed by atoms with E-state index in [1.807, 2.05) is 0 Å². The van der Waals surface area contributed by atoms with E-state index in [0.717, 1.165) is 0 Å². The lowest BCUT2D eigenvalue weighted by atomic mass is 9.98. The van der Waals surface area contributed by atoms with E-state index in [9.17, 15) is 14.9 Å². The maximum absolute atomic E-state index is 11.9. The van der Waals surface area contributed by atoms with Gasteiger partial charge >= 0.3 is 5.69 Å². The molecule has 8 nitrogen and oxygen atoms in total. The first-order chi connectivity index (χ1) is 9.70. The van der Waals surface area contributed by atoms with Crippen molar-refractivity contribution in [1.29, 1.82) is 0 Å². The molecule has 21 heavy (non-hydrogen) atoms. The highest BCUT2D eigenvalue weighted by Crippen LogP contribution is 2.31. The molecular weight excluding hydrogens is 300 g/mol. The maximum atomic E-state index is 11.9. The Morgan fingerprint density at radius 3 is 2.48 bits per heavy atom. The average molecular weight is 317 g/mol. The maximum Gasteiger partial charge on any atom is 0.332 e. The van der Waals surface area contributed by atoms with E-state index in [0.29, 0.717) is 0 Å².